The van der Waals surface area contributed by atoms with Gasteiger partial charge in [-0.15, -0.1) is 0 Å². The van der Waals surface area contributed by atoms with Crippen LogP contribution < -0.4 is 4.90 Å². The van der Waals surface area contributed by atoms with Crippen molar-refractivity contribution in [3.63, 3.8) is 0 Å². The zero-order valence-electron chi connectivity index (χ0n) is 37.6. The quantitative estimate of drug-likeness (QED) is 0.166. The molecular formula is C64H47NO. The summed E-state index contributed by atoms with van der Waals surface area (Å²) in [6, 6.07) is 78.2. The zero-order valence-corrected chi connectivity index (χ0v) is 37.6. The normalized spacial score (nSPS) is 14.0. The van der Waals surface area contributed by atoms with E-state index in [9.17, 15) is 0 Å². The van der Waals surface area contributed by atoms with Gasteiger partial charge in [0.15, 0.2) is 0 Å². The number of para-hydroxylation sites is 1. The van der Waals surface area contributed by atoms with E-state index < -0.39 is 0 Å². The van der Waals surface area contributed by atoms with Crippen LogP contribution in [0.2, 0.25) is 0 Å². The topological polar surface area (TPSA) is 16.4 Å². The summed E-state index contributed by atoms with van der Waals surface area (Å²) in [6.07, 6.45) is 0. The van der Waals surface area contributed by atoms with E-state index in [1.807, 2.05) is 0 Å². The fourth-order valence-electron chi connectivity index (χ4n) is 11.5. The fourth-order valence-corrected chi connectivity index (χ4v) is 11.5. The Bertz CT molecular complexity index is 3740. The van der Waals surface area contributed by atoms with Crippen molar-refractivity contribution in [3.05, 3.63) is 235 Å². The van der Waals surface area contributed by atoms with Crippen molar-refractivity contribution in [1.29, 1.82) is 0 Å². The van der Waals surface area contributed by atoms with Gasteiger partial charge in [0.05, 0.1) is 0 Å². The number of benzene rings is 10. The summed E-state index contributed by atoms with van der Waals surface area (Å²) >= 11 is 0. The molecule has 0 bridgehead atoms. The molecule has 0 aliphatic heterocycles. The summed E-state index contributed by atoms with van der Waals surface area (Å²) in [5.74, 6) is 0. The van der Waals surface area contributed by atoms with Crippen LogP contribution in [0.5, 0.6) is 0 Å². The van der Waals surface area contributed by atoms with Crippen LogP contribution in [0, 0.1) is 0 Å². The number of hydrogen-bond acceptors (Lipinski definition) is 2. The van der Waals surface area contributed by atoms with Gasteiger partial charge in [0.2, 0.25) is 0 Å². The summed E-state index contributed by atoms with van der Waals surface area (Å²) in [5, 5.41) is 4.59. The molecule has 13 rings (SSSR count). The SMILES string of the molecule is CC1(C)c2ccccc2-c2cc(-c3ccc(N(c4ccc(-c5cccc6c5-c5ccccc5C6(C)C)cc4)c4ccc(-c5cccc6c5oc5c7ccccc7ccc65)cc4)cc3)ccc21. The maximum Gasteiger partial charge on any atom is 0.143 e. The van der Waals surface area contributed by atoms with E-state index in [1.54, 1.807) is 0 Å². The first-order valence-electron chi connectivity index (χ1n) is 23.2. The van der Waals surface area contributed by atoms with Gasteiger partial charge in [0, 0.05) is 49.6 Å². The van der Waals surface area contributed by atoms with Gasteiger partial charge < -0.3 is 9.32 Å². The van der Waals surface area contributed by atoms with Crippen molar-refractivity contribution in [1.82, 2.24) is 0 Å². The lowest BCUT2D eigenvalue weighted by Gasteiger charge is -2.26. The predicted molar refractivity (Wildman–Crippen MR) is 277 cm³/mol. The predicted octanol–water partition coefficient (Wildman–Crippen LogP) is 17.8. The van der Waals surface area contributed by atoms with Gasteiger partial charge >= 0.3 is 0 Å². The number of anilines is 3. The van der Waals surface area contributed by atoms with Crippen LogP contribution in [0.1, 0.15) is 49.9 Å². The molecule has 0 saturated heterocycles. The van der Waals surface area contributed by atoms with E-state index in [4.69, 9.17) is 4.42 Å². The lowest BCUT2D eigenvalue weighted by molar-refractivity contribution is 0.660. The molecular weight excluding hydrogens is 799 g/mol. The van der Waals surface area contributed by atoms with Crippen molar-refractivity contribution < 1.29 is 4.42 Å². The highest BCUT2D eigenvalue weighted by Crippen LogP contribution is 2.53. The highest BCUT2D eigenvalue weighted by Gasteiger charge is 2.37. The van der Waals surface area contributed by atoms with E-state index in [0.29, 0.717) is 0 Å². The molecule has 1 heterocycles. The summed E-state index contributed by atoms with van der Waals surface area (Å²) in [4.78, 5) is 2.38. The van der Waals surface area contributed by atoms with Crippen molar-refractivity contribution in [2.45, 2.75) is 38.5 Å². The summed E-state index contributed by atoms with van der Waals surface area (Å²) in [6.45, 7) is 9.38. The third kappa shape index (κ3) is 5.67. The Morgan fingerprint density at radius 3 is 1.53 bits per heavy atom. The Morgan fingerprint density at radius 1 is 0.318 bits per heavy atom. The van der Waals surface area contributed by atoms with Gasteiger partial charge in [-0.05, 0) is 126 Å². The molecule has 0 radical (unpaired) electrons. The third-order valence-corrected chi connectivity index (χ3v) is 14.9. The maximum absolute atomic E-state index is 6.76. The molecule has 66 heavy (non-hydrogen) atoms. The van der Waals surface area contributed by atoms with Crippen LogP contribution in [0.4, 0.5) is 17.1 Å². The van der Waals surface area contributed by atoms with Crippen LogP contribution in [0.15, 0.2) is 217 Å². The number of furan rings is 1. The molecule has 2 aliphatic rings. The van der Waals surface area contributed by atoms with Gasteiger partial charge in [0.25, 0.3) is 0 Å². The molecule has 1 aromatic heterocycles. The molecule has 0 spiro atoms. The molecule has 0 unspecified atom stereocenters. The van der Waals surface area contributed by atoms with Gasteiger partial charge in [0.1, 0.15) is 11.2 Å². The van der Waals surface area contributed by atoms with E-state index in [2.05, 4.69) is 245 Å². The molecule has 0 amide bonds. The minimum absolute atomic E-state index is 0.0188. The van der Waals surface area contributed by atoms with Gasteiger partial charge in [-0.25, -0.2) is 0 Å². The third-order valence-electron chi connectivity index (χ3n) is 14.9. The Labute approximate surface area is 386 Å². The Kier molecular flexibility index (Phi) is 8.33. The molecule has 10 aromatic carbocycles. The maximum atomic E-state index is 6.76. The second-order valence-electron chi connectivity index (χ2n) is 19.3. The van der Waals surface area contributed by atoms with E-state index >= 15 is 0 Å². The van der Waals surface area contributed by atoms with Crippen LogP contribution in [0.3, 0.4) is 0 Å². The molecule has 2 heteroatoms. The van der Waals surface area contributed by atoms with Crippen LogP contribution in [0.25, 0.3) is 88.3 Å². The highest BCUT2D eigenvalue weighted by molar-refractivity contribution is 6.17. The standard InChI is InChI=1S/C64H47NO/c1-63(2)56-20-9-7-15-51(56)55-39-44(30-38-58(55)63)40-23-31-45(32-24-40)65(46-33-25-42(26-34-46)48-17-12-22-59-60(48)54-16-8-10-21-57(54)64(59,3)4)47-35-27-43(28-36-47)50-18-11-19-52-53-37-29-41-13-5-6-14-49(41)62(53)66-61(50)52/h5-39H,1-4H3. The molecule has 11 aromatic rings. The molecule has 2 nitrogen and oxygen atoms in total. The lowest BCUT2D eigenvalue weighted by Crippen LogP contribution is -2.14. The number of rotatable bonds is 6. The van der Waals surface area contributed by atoms with Crippen molar-refractivity contribution in [2.24, 2.45) is 0 Å². The van der Waals surface area contributed by atoms with E-state index in [-0.39, 0.29) is 10.8 Å². The van der Waals surface area contributed by atoms with Gasteiger partial charge in [-0.2, -0.15) is 0 Å². The van der Waals surface area contributed by atoms with Crippen LogP contribution in [-0.4, -0.2) is 0 Å². The van der Waals surface area contributed by atoms with Gasteiger partial charge in [-0.1, -0.05) is 191 Å². The number of fused-ring (bicyclic) bond motifs is 11. The Hall–Kier alpha value is -7.94. The molecule has 314 valence electrons. The molecule has 0 saturated carbocycles. The lowest BCUT2D eigenvalue weighted by atomic mass is 9.82. The van der Waals surface area contributed by atoms with Crippen molar-refractivity contribution in [3.8, 4) is 55.6 Å². The smallest absolute Gasteiger partial charge is 0.143 e. The zero-order chi connectivity index (χ0) is 44.3. The average molecular weight is 846 g/mol. The fraction of sp³-hybridized carbons (Fsp3) is 0.0938. The minimum atomic E-state index is -0.0534. The number of hydrogen-bond donors (Lipinski definition) is 0. The van der Waals surface area contributed by atoms with Crippen LogP contribution in [-0.2, 0) is 10.8 Å². The Morgan fingerprint density at radius 2 is 0.803 bits per heavy atom. The summed E-state index contributed by atoms with van der Waals surface area (Å²) in [7, 11) is 0. The van der Waals surface area contributed by atoms with E-state index in [0.717, 1.165) is 55.5 Å². The van der Waals surface area contributed by atoms with E-state index in [1.165, 1.54) is 72.1 Å². The van der Waals surface area contributed by atoms with Gasteiger partial charge in [-0.3, -0.25) is 0 Å². The first kappa shape index (κ1) is 38.5. The second kappa shape index (κ2) is 14.3. The summed E-state index contributed by atoms with van der Waals surface area (Å²) < 4.78 is 6.76. The Balaban J connectivity index is 0.902. The summed E-state index contributed by atoms with van der Waals surface area (Å²) in [5.41, 5.74) is 23.1. The van der Waals surface area contributed by atoms with Crippen LogP contribution >= 0.6 is 0 Å². The van der Waals surface area contributed by atoms with Crippen molar-refractivity contribution >= 4 is 49.8 Å². The molecule has 0 N–H and O–H groups in total. The minimum Gasteiger partial charge on any atom is -0.455 e. The second-order valence-corrected chi connectivity index (χ2v) is 19.3. The van der Waals surface area contributed by atoms with Crippen molar-refractivity contribution in [2.75, 3.05) is 4.90 Å². The highest BCUT2D eigenvalue weighted by atomic mass is 16.3. The molecule has 0 atom stereocenters. The average Bonchev–Trinajstić information content (AvgIpc) is 3.95. The monoisotopic (exact) mass is 845 g/mol. The largest absolute Gasteiger partial charge is 0.455 e. The molecule has 0 fully saturated rings. The first-order valence-corrected chi connectivity index (χ1v) is 23.2. The first-order chi connectivity index (χ1) is 32.2. The molecule has 2 aliphatic carbocycles. The number of nitrogens with zero attached hydrogens (tertiary/aromatic N) is 1.